The van der Waals surface area contributed by atoms with Gasteiger partial charge in [-0.15, -0.1) is 0 Å². The second-order valence-electron chi connectivity index (χ2n) is 7.16. The Hall–Kier alpha value is -2.85. The quantitative estimate of drug-likeness (QED) is 0.594. The summed E-state index contributed by atoms with van der Waals surface area (Å²) in [5, 5.41) is 18.5. The molecular weight excluding hydrogens is 336 g/mol. The molecule has 3 aromatic carbocycles. The van der Waals surface area contributed by atoms with Gasteiger partial charge in [0.2, 0.25) is 0 Å². The maximum Gasteiger partial charge on any atom is 0.315 e. The van der Waals surface area contributed by atoms with Gasteiger partial charge in [0.15, 0.2) is 0 Å². The molecule has 3 rings (SSSR count). The molecule has 1 atom stereocenters. The van der Waals surface area contributed by atoms with Crippen molar-refractivity contribution in [2.24, 2.45) is 0 Å². The van der Waals surface area contributed by atoms with Crippen LogP contribution in [-0.4, -0.2) is 23.3 Å². The number of hydrogen-bond acceptors (Lipinski definition) is 2. The summed E-state index contributed by atoms with van der Waals surface area (Å²) in [7, 11) is 0. The molecule has 27 heavy (non-hydrogen) atoms. The van der Waals surface area contributed by atoms with Gasteiger partial charge in [0.05, 0.1) is 5.60 Å². The van der Waals surface area contributed by atoms with Gasteiger partial charge in [-0.2, -0.15) is 0 Å². The third-order valence-corrected chi connectivity index (χ3v) is 4.74. The van der Waals surface area contributed by atoms with E-state index in [0.29, 0.717) is 13.0 Å². The molecule has 0 aromatic heterocycles. The van der Waals surface area contributed by atoms with E-state index in [0.717, 1.165) is 22.8 Å². The van der Waals surface area contributed by atoms with Crippen molar-refractivity contribution < 1.29 is 9.90 Å². The summed E-state index contributed by atoms with van der Waals surface area (Å²) in [4.78, 5) is 12.1. The number of aryl methyl sites for hydroxylation is 1. The Morgan fingerprint density at radius 3 is 2.44 bits per heavy atom. The Bertz CT molecular complexity index is 886. The van der Waals surface area contributed by atoms with Crippen molar-refractivity contribution in [2.45, 2.75) is 31.9 Å². The molecule has 0 aliphatic carbocycles. The fourth-order valence-corrected chi connectivity index (χ4v) is 3.10. The number of benzene rings is 3. The summed E-state index contributed by atoms with van der Waals surface area (Å²) in [5.41, 5.74) is 1.30. The first-order valence-corrected chi connectivity index (χ1v) is 9.28. The van der Waals surface area contributed by atoms with Crippen LogP contribution in [0, 0.1) is 0 Å². The molecule has 0 heterocycles. The van der Waals surface area contributed by atoms with Crippen molar-refractivity contribution in [2.75, 3.05) is 6.54 Å². The lowest BCUT2D eigenvalue weighted by Crippen LogP contribution is -2.44. The van der Waals surface area contributed by atoms with Crippen molar-refractivity contribution in [3.63, 3.8) is 0 Å². The molecule has 2 amide bonds. The Balaban J connectivity index is 1.47. The Morgan fingerprint density at radius 1 is 0.926 bits per heavy atom. The first kappa shape index (κ1) is 18.9. The van der Waals surface area contributed by atoms with Gasteiger partial charge >= 0.3 is 6.03 Å². The van der Waals surface area contributed by atoms with Crippen molar-refractivity contribution in [3.8, 4) is 0 Å². The van der Waals surface area contributed by atoms with Crippen molar-refractivity contribution in [3.05, 3.63) is 83.9 Å². The van der Waals surface area contributed by atoms with Crippen molar-refractivity contribution in [1.29, 1.82) is 0 Å². The molecule has 0 spiro atoms. The molecule has 0 aliphatic heterocycles. The maximum absolute atomic E-state index is 12.1. The third-order valence-electron chi connectivity index (χ3n) is 4.74. The van der Waals surface area contributed by atoms with Gasteiger partial charge in [-0.25, -0.2) is 4.79 Å². The Morgan fingerprint density at radius 2 is 1.63 bits per heavy atom. The fourth-order valence-electron chi connectivity index (χ4n) is 3.10. The highest BCUT2D eigenvalue weighted by molar-refractivity contribution is 5.86. The van der Waals surface area contributed by atoms with E-state index >= 15 is 0 Å². The zero-order valence-electron chi connectivity index (χ0n) is 15.6. The highest BCUT2D eigenvalue weighted by Crippen LogP contribution is 2.18. The topological polar surface area (TPSA) is 61.4 Å². The number of nitrogens with one attached hydrogen (secondary N) is 2. The first-order chi connectivity index (χ1) is 13.0. The second kappa shape index (κ2) is 8.69. The Kier molecular flexibility index (Phi) is 6.09. The molecule has 3 aromatic rings. The highest BCUT2D eigenvalue weighted by atomic mass is 16.3. The number of carbonyl (C=O) groups is 1. The van der Waals surface area contributed by atoms with E-state index in [1.807, 2.05) is 54.6 Å². The van der Waals surface area contributed by atoms with E-state index in [4.69, 9.17) is 0 Å². The summed E-state index contributed by atoms with van der Waals surface area (Å²) in [5.74, 6) is 0. The van der Waals surface area contributed by atoms with E-state index in [1.165, 1.54) is 5.56 Å². The van der Waals surface area contributed by atoms with Gasteiger partial charge in [0.25, 0.3) is 0 Å². The first-order valence-electron chi connectivity index (χ1n) is 9.28. The van der Waals surface area contributed by atoms with E-state index < -0.39 is 5.60 Å². The fraction of sp³-hybridized carbons (Fsp3) is 0.261. The van der Waals surface area contributed by atoms with Crippen LogP contribution >= 0.6 is 0 Å². The molecule has 0 saturated carbocycles. The van der Waals surface area contributed by atoms with Gasteiger partial charge < -0.3 is 15.7 Å². The lowest BCUT2D eigenvalue weighted by atomic mass is 9.97. The standard InChI is InChI=1S/C23H26N2O2/c1-23(27,15-14-18-8-3-2-4-9-18)17-25-22(26)24-16-20-12-7-11-19-10-5-6-13-21(19)20/h2-13,27H,14-17H2,1H3,(H2,24,25,26)/t23-/m0/s1. The van der Waals surface area contributed by atoms with Crippen molar-refractivity contribution in [1.82, 2.24) is 10.6 Å². The number of amides is 2. The van der Waals surface area contributed by atoms with E-state index in [2.05, 4.69) is 28.8 Å². The van der Waals surface area contributed by atoms with Gasteiger partial charge in [0, 0.05) is 13.1 Å². The number of fused-ring (bicyclic) bond motifs is 1. The van der Waals surface area contributed by atoms with Crippen LogP contribution in [0.25, 0.3) is 10.8 Å². The Labute approximate surface area is 160 Å². The minimum atomic E-state index is -0.952. The average Bonchev–Trinajstić information content (AvgIpc) is 2.70. The van der Waals surface area contributed by atoms with Crippen LogP contribution in [0.2, 0.25) is 0 Å². The highest BCUT2D eigenvalue weighted by Gasteiger charge is 2.21. The van der Waals surface area contributed by atoms with Crippen LogP contribution in [0.4, 0.5) is 4.79 Å². The molecule has 0 radical (unpaired) electrons. The molecular formula is C23H26N2O2. The average molecular weight is 362 g/mol. The zero-order valence-corrected chi connectivity index (χ0v) is 15.6. The lowest BCUT2D eigenvalue weighted by molar-refractivity contribution is 0.0534. The van der Waals surface area contributed by atoms with Crippen LogP contribution in [0.1, 0.15) is 24.5 Å². The van der Waals surface area contributed by atoms with Crippen molar-refractivity contribution >= 4 is 16.8 Å². The number of hydrogen-bond donors (Lipinski definition) is 3. The number of aliphatic hydroxyl groups is 1. The monoisotopic (exact) mass is 362 g/mol. The van der Waals surface area contributed by atoms with Crippen LogP contribution in [0.3, 0.4) is 0 Å². The van der Waals surface area contributed by atoms with E-state index in [9.17, 15) is 9.90 Å². The van der Waals surface area contributed by atoms with Crippen LogP contribution in [0.5, 0.6) is 0 Å². The maximum atomic E-state index is 12.1. The molecule has 4 nitrogen and oxygen atoms in total. The van der Waals surface area contributed by atoms with E-state index in [1.54, 1.807) is 6.92 Å². The van der Waals surface area contributed by atoms with Gasteiger partial charge in [-0.05, 0) is 41.7 Å². The largest absolute Gasteiger partial charge is 0.388 e. The molecule has 0 fully saturated rings. The summed E-state index contributed by atoms with van der Waals surface area (Å²) in [6, 6.07) is 23.9. The molecule has 0 saturated heterocycles. The zero-order chi connectivity index (χ0) is 19.1. The molecule has 3 N–H and O–H groups in total. The summed E-state index contributed by atoms with van der Waals surface area (Å²) >= 11 is 0. The smallest absolute Gasteiger partial charge is 0.315 e. The number of carbonyl (C=O) groups excluding carboxylic acids is 1. The van der Waals surface area contributed by atoms with Crippen LogP contribution in [0.15, 0.2) is 72.8 Å². The summed E-state index contributed by atoms with van der Waals surface area (Å²) in [6.45, 7) is 2.40. The molecule has 4 heteroatoms. The molecule has 140 valence electrons. The minimum Gasteiger partial charge on any atom is -0.388 e. The molecule has 0 bridgehead atoms. The molecule has 0 aliphatic rings. The predicted octanol–water partition coefficient (Wildman–Crippen LogP) is 4.02. The molecule has 0 unspecified atom stereocenters. The van der Waals surface area contributed by atoms with Gasteiger partial charge in [0.1, 0.15) is 0 Å². The summed E-state index contributed by atoms with van der Waals surface area (Å²) in [6.07, 6.45) is 1.35. The van der Waals surface area contributed by atoms with E-state index in [-0.39, 0.29) is 12.6 Å². The predicted molar refractivity (Wildman–Crippen MR) is 110 cm³/mol. The second-order valence-corrected chi connectivity index (χ2v) is 7.16. The minimum absolute atomic E-state index is 0.210. The number of rotatable bonds is 7. The SMILES string of the molecule is C[C@](O)(CCc1ccccc1)CNC(=O)NCc1cccc2ccccc12. The summed E-state index contributed by atoms with van der Waals surface area (Å²) < 4.78 is 0. The number of urea groups is 1. The normalized spacial score (nSPS) is 13.1. The third kappa shape index (κ3) is 5.56. The van der Waals surface area contributed by atoms with Crippen LogP contribution < -0.4 is 10.6 Å². The van der Waals surface area contributed by atoms with Gasteiger partial charge in [-0.1, -0.05) is 72.8 Å². The lowest BCUT2D eigenvalue weighted by Gasteiger charge is -2.24. The van der Waals surface area contributed by atoms with Gasteiger partial charge in [-0.3, -0.25) is 0 Å². The van der Waals surface area contributed by atoms with Crippen LogP contribution in [-0.2, 0) is 13.0 Å².